The second-order valence-corrected chi connectivity index (χ2v) is 4.51. The van der Waals surface area contributed by atoms with Crippen LogP contribution in [-0.4, -0.2) is 16.3 Å². The van der Waals surface area contributed by atoms with Gasteiger partial charge in [-0.1, -0.05) is 18.2 Å². The van der Waals surface area contributed by atoms with Crippen LogP contribution in [0, 0.1) is 26.6 Å². The summed E-state index contributed by atoms with van der Waals surface area (Å²) in [5, 5.41) is 4.47. The zero-order chi connectivity index (χ0) is 13.3. The molecule has 0 spiro atoms. The minimum atomic E-state index is -0.251. The molecule has 2 aromatic rings. The van der Waals surface area contributed by atoms with E-state index in [2.05, 4.69) is 5.10 Å². The van der Waals surface area contributed by atoms with Gasteiger partial charge in [-0.05, 0) is 32.4 Å². The summed E-state index contributed by atoms with van der Waals surface area (Å²) in [7, 11) is 0. The summed E-state index contributed by atoms with van der Waals surface area (Å²) < 4.78 is 15.7. The number of aromatic nitrogens is 2. The van der Waals surface area contributed by atoms with E-state index in [1.165, 1.54) is 6.07 Å². The molecule has 0 aliphatic carbocycles. The molecule has 0 amide bonds. The van der Waals surface area contributed by atoms with E-state index >= 15 is 0 Å². The molecule has 1 heterocycles. The van der Waals surface area contributed by atoms with Crippen molar-refractivity contribution < 1.29 is 4.39 Å². The van der Waals surface area contributed by atoms with Crippen molar-refractivity contribution in [1.82, 2.24) is 9.78 Å². The van der Waals surface area contributed by atoms with Crippen LogP contribution in [0.15, 0.2) is 24.3 Å². The number of halogens is 1. The number of hydrogen-bond acceptors (Lipinski definition) is 2. The van der Waals surface area contributed by atoms with Crippen LogP contribution in [0.5, 0.6) is 0 Å². The lowest BCUT2D eigenvalue weighted by molar-refractivity contribution is 0.487. The van der Waals surface area contributed by atoms with Gasteiger partial charge in [0.2, 0.25) is 0 Å². The van der Waals surface area contributed by atoms with Crippen LogP contribution in [0.2, 0.25) is 0 Å². The number of nitrogens with zero attached hydrogens (tertiary/aromatic N) is 2. The van der Waals surface area contributed by atoms with E-state index in [1.54, 1.807) is 12.1 Å². The molecule has 0 aliphatic heterocycles. The van der Waals surface area contributed by atoms with E-state index in [0.29, 0.717) is 12.1 Å². The van der Waals surface area contributed by atoms with Crippen LogP contribution in [0.1, 0.15) is 28.6 Å². The van der Waals surface area contributed by atoms with Crippen molar-refractivity contribution in [3.63, 3.8) is 0 Å². The summed E-state index contributed by atoms with van der Waals surface area (Å²) in [6, 6.07) is 6.46. The monoisotopic (exact) mass is 247 g/mol. The summed E-state index contributed by atoms with van der Waals surface area (Å²) in [4.78, 5) is 0. The van der Waals surface area contributed by atoms with Gasteiger partial charge in [-0.2, -0.15) is 5.10 Å². The van der Waals surface area contributed by atoms with Crippen molar-refractivity contribution >= 4 is 0 Å². The Balaban J connectivity index is 2.52. The van der Waals surface area contributed by atoms with Crippen molar-refractivity contribution in [2.45, 2.75) is 26.8 Å². The van der Waals surface area contributed by atoms with Crippen LogP contribution in [0.3, 0.4) is 0 Å². The Hall–Kier alpha value is -1.68. The highest BCUT2D eigenvalue weighted by atomic mass is 19.1. The van der Waals surface area contributed by atoms with Crippen LogP contribution in [0.4, 0.5) is 4.39 Å². The largest absolute Gasteiger partial charge is 0.328 e. The Labute approximate surface area is 106 Å². The zero-order valence-electron chi connectivity index (χ0n) is 10.9. The molecule has 2 N–H and O–H groups in total. The summed E-state index contributed by atoms with van der Waals surface area (Å²) in [5.74, 6) is -0.238. The lowest BCUT2D eigenvalue weighted by Crippen LogP contribution is -2.23. The molecule has 1 atom stereocenters. The summed E-state index contributed by atoms with van der Waals surface area (Å²) in [5.41, 5.74) is 9.52. The van der Waals surface area contributed by atoms with E-state index in [1.807, 2.05) is 31.5 Å². The van der Waals surface area contributed by atoms with Crippen LogP contribution in [0.25, 0.3) is 0 Å². The molecular formula is C14H18FN3. The quantitative estimate of drug-likeness (QED) is 0.905. The normalized spacial score (nSPS) is 12.7. The van der Waals surface area contributed by atoms with E-state index in [0.717, 1.165) is 17.0 Å². The SMILES string of the molecule is Cc1nn(C(CN)c2ccccc2F)c(C)c1C. The number of benzene rings is 1. The maximum atomic E-state index is 13.9. The molecule has 3 nitrogen and oxygen atoms in total. The average Bonchev–Trinajstić information content (AvgIpc) is 2.61. The van der Waals surface area contributed by atoms with Gasteiger partial charge in [0.25, 0.3) is 0 Å². The van der Waals surface area contributed by atoms with Gasteiger partial charge in [-0.25, -0.2) is 4.39 Å². The molecule has 1 unspecified atom stereocenters. The highest BCUT2D eigenvalue weighted by Gasteiger charge is 2.20. The number of rotatable bonds is 3. The molecule has 96 valence electrons. The highest BCUT2D eigenvalue weighted by Crippen LogP contribution is 2.23. The van der Waals surface area contributed by atoms with Gasteiger partial charge in [0.15, 0.2) is 0 Å². The van der Waals surface area contributed by atoms with Crippen molar-refractivity contribution in [3.8, 4) is 0 Å². The first-order valence-electron chi connectivity index (χ1n) is 6.03. The standard InChI is InChI=1S/C14H18FN3/c1-9-10(2)17-18(11(9)3)14(8-16)12-6-4-5-7-13(12)15/h4-7,14H,8,16H2,1-3H3. The molecule has 18 heavy (non-hydrogen) atoms. The fraction of sp³-hybridized carbons (Fsp3) is 0.357. The molecule has 2 rings (SSSR count). The van der Waals surface area contributed by atoms with Gasteiger partial charge < -0.3 is 5.73 Å². The first-order chi connectivity index (χ1) is 8.56. The van der Waals surface area contributed by atoms with Gasteiger partial charge in [0.05, 0.1) is 11.7 Å². The molecule has 0 saturated heterocycles. The predicted molar refractivity (Wildman–Crippen MR) is 70.0 cm³/mol. The van der Waals surface area contributed by atoms with Crippen molar-refractivity contribution in [1.29, 1.82) is 0 Å². The van der Waals surface area contributed by atoms with Gasteiger partial charge in [0.1, 0.15) is 5.82 Å². The molecule has 0 aliphatic rings. The van der Waals surface area contributed by atoms with E-state index < -0.39 is 0 Å². The second-order valence-electron chi connectivity index (χ2n) is 4.51. The van der Waals surface area contributed by atoms with Crippen molar-refractivity contribution in [2.24, 2.45) is 5.73 Å². The van der Waals surface area contributed by atoms with Gasteiger partial charge >= 0.3 is 0 Å². The number of hydrogen-bond donors (Lipinski definition) is 1. The number of aryl methyl sites for hydroxylation is 1. The Morgan fingerprint density at radius 1 is 1.28 bits per heavy atom. The number of nitrogens with two attached hydrogens (primary N) is 1. The lowest BCUT2D eigenvalue weighted by Gasteiger charge is -2.18. The highest BCUT2D eigenvalue weighted by molar-refractivity contribution is 5.27. The average molecular weight is 247 g/mol. The zero-order valence-corrected chi connectivity index (χ0v) is 10.9. The molecule has 1 aromatic carbocycles. The van der Waals surface area contributed by atoms with Gasteiger partial charge in [0, 0.05) is 17.8 Å². The van der Waals surface area contributed by atoms with Crippen molar-refractivity contribution in [2.75, 3.05) is 6.54 Å². The molecule has 0 bridgehead atoms. The van der Waals surface area contributed by atoms with Gasteiger partial charge in [-0.15, -0.1) is 0 Å². The Morgan fingerprint density at radius 3 is 2.44 bits per heavy atom. The van der Waals surface area contributed by atoms with E-state index in [4.69, 9.17) is 5.73 Å². The topological polar surface area (TPSA) is 43.8 Å². The molecule has 1 aromatic heterocycles. The van der Waals surface area contributed by atoms with Crippen LogP contribution < -0.4 is 5.73 Å². The van der Waals surface area contributed by atoms with E-state index in [-0.39, 0.29) is 11.9 Å². The minimum Gasteiger partial charge on any atom is -0.328 e. The van der Waals surface area contributed by atoms with Crippen LogP contribution in [-0.2, 0) is 0 Å². The molecule has 4 heteroatoms. The third kappa shape index (κ3) is 2.04. The lowest BCUT2D eigenvalue weighted by atomic mass is 10.1. The third-order valence-electron chi connectivity index (χ3n) is 3.47. The maximum absolute atomic E-state index is 13.9. The summed E-state index contributed by atoms with van der Waals surface area (Å²) in [6.07, 6.45) is 0. The Morgan fingerprint density at radius 2 is 1.94 bits per heavy atom. The molecule has 0 fully saturated rings. The summed E-state index contributed by atoms with van der Waals surface area (Å²) >= 11 is 0. The van der Waals surface area contributed by atoms with Crippen LogP contribution >= 0.6 is 0 Å². The Kier molecular flexibility index (Phi) is 3.48. The molecule has 0 saturated carbocycles. The first-order valence-corrected chi connectivity index (χ1v) is 6.03. The second kappa shape index (κ2) is 4.90. The molecule has 0 radical (unpaired) electrons. The fourth-order valence-corrected chi connectivity index (χ4v) is 2.15. The van der Waals surface area contributed by atoms with Gasteiger partial charge in [-0.3, -0.25) is 4.68 Å². The predicted octanol–water partition coefficient (Wildman–Crippen LogP) is 2.50. The third-order valence-corrected chi connectivity index (χ3v) is 3.47. The maximum Gasteiger partial charge on any atom is 0.128 e. The minimum absolute atomic E-state index is 0.238. The summed E-state index contributed by atoms with van der Waals surface area (Å²) in [6.45, 7) is 6.28. The van der Waals surface area contributed by atoms with E-state index in [9.17, 15) is 4.39 Å². The van der Waals surface area contributed by atoms with Crippen molar-refractivity contribution in [3.05, 3.63) is 52.6 Å². The Bertz CT molecular complexity index is 560. The smallest absolute Gasteiger partial charge is 0.128 e. The molecular weight excluding hydrogens is 229 g/mol. The first kappa shape index (κ1) is 12.8. The fourth-order valence-electron chi connectivity index (χ4n) is 2.15.